The summed E-state index contributed by atoms with van der Waals surface area (Å²) in [5.74, 6) is 0.814. The van der Waals surface area contributed by atoms with Crippen molar-refractivity contribution in [1.29, 1.82) is 0 Å². The number of aryl methyl sites for hydroxylation is 1. The van der Waals surface area contributed by atoms with Crippen LogP contribution >= 0.6 is 0 Å². The average molecular weight is 420 g/mol. The molecule has 0 aromatic heterocycles. The molecule has 0 spiro atoms. The molecule has 0 aliphatic rings. The van der Waals surface area contributed by atoms with E-state index in [1.165, 1.54) is 0 Å². The molecule has 0 amide bonds. The molecule has 0 unspecified atom stereocenters. The zero-order chi connectivity index (χ0) is 22.1. The predicted molar refractivity (Wildman–Crippen MR) is 115 cm³/mol. The fourth-order valence-electron chi connectivity index (χ4n) is 2.82. The quantitative estimate of drug-likeness (QED) is 0.449. The van der Waals surface area contributed by atoms with Gasteiger partial charge in [0, 0.05) is 0 Å². The predicted octanol–water partition coefficient (Wildman–Crippen LogP) is 5.09. The van der Waals surface area contributed by atoms with E-state index < -0.39 is 11.9 Å². The number of carbonyl (C=O) groups excluding carboxylic acids is 2. The molecule has 0 fully saturated rings. The zero-order valence-corrected chi connectivity index (χ0v) is 17.5. The van der Waals surface area contributed by atoms with Crippen molar-refractivity contribution in [2.75, 3.05) is 13.2 Å². The fourth-order valence-corrected chi connectivity index (χ4v) is 2.82. The van der Waals surface area contributed by atoms with E-state index in [2.05, 4.69) is 0 Å². The Bertz CT molecular complexity index is 1030. The molecule has 0 saturated heterocycles. The van der Waals surface area contributed by atoms with E-state index in [1.807, 2.05) is 37.3 Å². The smallest absolute Gasteiger partial charge is 0.344 e. The van der Waals surface area contributed by atoms with E-state index in [0.717, 1.165) is 11.1 Å². The molecule has 6 heteroatoms. The standard InChI is InChI=1S/C25H24O6/c1-3-28-24(26)17-29-23-13-12-22(14-18(23)2)31-21-11-7-10-20(15-21)25(27)30-16-19-8-5-4-6-9-19/h4-15H,3,16-17H2,1-2H3. The Morgan fingerprint density at radius 1 is 0.839 bits per heavy atom. The number of esters is 2. The highest BCUT2D eigenvalue weighted by Gasteiger charge is 2.10. The first-order chi connectivity index (χ1) is 15.0. The van der Waals surface area contributed by atoms with Crippen LogP contribution in [-0.2, 0) is 20.9 Å². The van der Waals surface area contributed by atoms with Gasteiger partial charge in [0.15, 0.2) is 6.61 Å². The molecule has 0 atom stereocenters. The van der Waals surface area contributed by atoms with Crippen molar-refractivity contribution in [2.24, 2.45) is 0 Å². The van der Waals surface area contributed by atoms with Crippen LogP contribution in [0.3, 0.4) is 0 Å². The summed E-state index contributed by atoms with van der Waals surface area (Å²) in [6.07, 6.45) is 0. The summed E-state index contributed by atoms with van der Waals surface area (Å²) in [5.41, 5.74) is 2.13. The van der Waals surface area contributed by atoms with Crippen LogP contribution in [0, 0.1) is 6.92 Å². The van der Waals surface area contributed by atoms with Gasteiger partial charge in [-0.05, 0) is 61.4 Å². The van der Waals surface area contributed by atoms with Gasteiger partial charge in [-0.1, -0.05) is 36.4 Å². The summed E-state index contributed by atoms with van der Waals surface area (Å²) < 4.78 is 21.6. The second kappa shape index (κ2) is 10.8. The Morgan fingerprint density at radius 3 is 2.35 bits per heavy atom. The molecular weight excluding hydrogens is 396 g/mol. The van der Waals surface area contributed by atoms with Crippen LogP contribution < -0.4 is 9.47 Å². The van der Waals surface area contributed by atoms with Crippen molar-refractivity contribution in [3.05, 3.63) is 89.5 Å². The number of hydrogen-bond acceptors (Lipinski definition) is 6. The SMILES string of the molecule is CCOC(=O)COc1ccc(Oc2cccc(C(=O)OCc3ccccc3)c2)cc1C. The van der Waals surface area contributed by atoms with E-state index in [0.29, 0.717) is 29.4 Å². The van der Waals surface area contributed by atoms with E-state index in [9.17, 15) is 9.59 Å². The molecule has 6 nitrogen and oxygen atoms in total. The Morgan fingerprint density at radius 2 is 1.61 bits per heavy atom. The third kappa shape index (κ3) is 6.60. The molecule has 0 N–H and O–H groups in total. The summed E-state index contributed by atoms with van der Waals surface area (Å²) in [6, 6.07) is 21.5. The lowest BCUT2D eigenvalue weighted by atomic mass is 10.2. The third-order valence-electron chi connectivity index (χ3n) is 4.32. The molecule has 0 saturated carbocycles. The van der Waals surface area contributed by atoms with Crippen molar-refractivity contribution in [1.82, 2.24) is 0 Å². The molecule has 0 bridgehead atoms. The Kier molecular flexibility index (Phi) is 7.65. The van der Waals surface area contributed by atoms with Crippen LogP contribution in [0.15, 0.2) is 72.8 Å². The maximum Gasteiger partial charge on any atom is 0.344 e. The van der Waals surface area contributed by atoms with Gasteiger partial charge in [-0.3, -0.25) is 0 Å². The first-order valence-corrected chi connectivity index (χ1v) is 9.93. The lowest BCUT2D eigenvalue weighted by Crippen LogP contribution is -2.14. The van der Waals surface area contributed by atoms with Gasteiger partial charge in [-0.25, -0.2) is 9.59 Å². The van der Waals surface area contributed by atoms with Gasteiger partial charge in [0.1, 0.15) is 23.9 Å². The Labute approximate surface area is 181 Å². The van der Waals surface area contributed by atoms with Crippen LogP contribution in [0.5, 0.6) is 17.2 Å². The summed E-state index contributed by atoms with van der Waals surface area (Å²) in [6.45, 7) is 3.96. The average Bonchev–Trinajstić information content (AvgIpc) is 2.78. The summed E-state index contributed by atoms with van der Waals surface area (Å²) >= 11 is 0. The molecule has 31 heavy (non-hydrogen) atoms. The number of hydrogen-bond donors (Lipinski definition) is 0. The normalized spacial score (nSPS) is 10.3. The van der Waals surface area contributed by atoms with Gasteiger partial charge in [0.2, 0.25) is 0 Å². The molecular formula is C25H24O6. The molecule has 160 valence electrons. The third-order valence-corrected chi connectivity index (χ3v) is 4.32. The second-order valence-electron chi connectivity index (χ2n) is 6.71. The summed E-state index contributed by atoms with van der Waals surface area (Å²) in [7, 11) is 0. The van der Waals surface area contributed by atoms with Crippen molar-refractivity contribution < 1.29 is 28.5 Å². The van der Waals surface area contributed by atoms with Crippen molar-refractivity contribution in [3.8, 4) is 17.2 Å². The van der Waals surface area contributed by atoms with Gasteiger partial charge >= 0.3 is 11.9 Å². The molecule has 0 aliphatic heterocycles. The van der Waals surface area contributed by atoms with Gasteiger partial charge in [-0.2, -0.15) is 0 Å². The fraction of sp³-hybridized carbons (Fsp3) is 0.200. The van der Waals surface area contributed by atoms with Gasteiger partial charge in [0.05, 0.1) is 12.2 Å². The first-order valence-electron chi connectivity index (χ1n) is 9.93. The van der Waals surface area contributed by atoms with E-state index in [-0.39, 0.29) is 13.2 Å². The number of rotatable bonds is 9. The maximum atomic E-state index is 12.4. The highest BCUT2D eigenvalue weighted by Crippen LogP contribution is 2.28. The van der Waals surface area contributed by atoms with Crippen LogP contribution in [0.1, 0.15) is 28.4 Å². The minimum absolute atomic E-state index is 0.151. The van der Waals surface area contributed by atoms with E-state index in [1.54, 1.807) is 49.4 Å². The van der Waals surface area contributed by atoms with Crippen molar-refractivity contribution in [2.45, 2.75) is 20.5 Å². The van der Waals surface area contributed by atoms with E-state index in [4.69, 9.17) is 18.9 Å². The van der Waals surface area contributed by atoms with Gasteiger partial charge in [-0.15, -0.1) is 0 Å². The van der Waals surface area contributed by atoms with Crippen LogP contribution in [0.4, 0.5) is 0 Å². The lowest BCUT2D eigenvalue weighted by molar-refractivity contribution is -0.145. The number of ether oxygens (including phenoxy) is 4. The molecule has 3 rings (SSSR count). The van der Waals surface area contributed by atoms with Crippen LogP contribution in [-0.4, -0.2) is 25.2 Å². The molecule has 0 heterocycles. The van der Waals surface area contributed by atoms with Crippen LogP contribution in [0.25, 0.3) is 0 Å². The molecule has 0 radical (unpaired) electrons. The van der Waals surface area contributed by atoms with E-state index >= 15 is 0 Å². The lowest BCUT2D eigenvalue weighted by Gasteiger charge is -2.12. The topological polar surface area (TPSA) is 71.1 Å². The highest BCUT2D eigenvalue weighted by molar-refractivity contribution is 5.89. The minimum atomic E-state index is -0.423. The van der Waals surface area contributed by atoms with Crippen molar-refractivity contribution in [3.63, 3.8) is 0 Å². The number of carbonyl (C=O) groups is 2. The van der Waals surface area contributed by atoms with Crippen molar-refractivity contribution >= 4 is 11.9 Å². The Balaban J connectivity index is 1.60. The second-order valence-corrected chi connectivity index (χ2v) is 6.71. The molecule has 3 aromatic carbocycles. The zero-order valence-electron chi connectivity index (χ0n) is 17.5. The first kappa shape index (κ1) is 21.9. The molecule has 3 aromatic rings. The largest absolute Gasteiger partial charge is 0.482 e. The van der Waals surface area contributed by atoms with Gasteiger partial charge in [0.25, 0.3) is 0 Å². The summed E-state index contributed by atoms with van der Waals surface area (Å²) in [4.78, 5) is 23.8. The molecule has 0 aliphatic carbocycles. The Hall–Kier alpha value is -3.80. The number of benzene rings is 3. The van der Waals surface area contributed by atoms with Crippen LogP contribution in [0.2, 0.25) is 0 Å². The highest BCUT2D eigenvalue weighted by atomic mass is 16.6. The maximum absolute atomic E-state index is 12.4. The van der Waals surface area contributed by atoms with Gasteiger partial charge < -0.3 is 18.9 Å². The summed E-state index contributed by atoms with van der Waals surface area (Å²) in [5, 5.41) is 0. The minimum Gasteiger partial charge on any atom is -0.482 e. The monoisotopic (exact) mass is 420 g/mol.